The highest BCUT2D eigenvalue weighted by atomic mass is 79.9. The molecule has 10 heteroatoms. The molecule has 3 amide bonds. The van der Waals surface area contributed by atoms with Gasteiger partial charge in [-0.15, -0.1) is 11.8 Å². The molecule has 1 heterocycles. The molecular formula is C36H30BrN3O5S. The van der Waals surface area contributed by atoms with Gasteiger partial charge in [-0.3, -0.25) is 14.4 Å². The van der Waals surface area contributed by atoms with Crippen molar-refractivity contribution < 1.29 is 23.5 Å². The minimum atomic E-state index is -0.529. The third kappa shape index (κ3) is 8.99. The minimum Gasteiger partial charge on any atom is -0.492 e. The van der Waals surface area contributed by atoms with Crippen LogP contribution >= 0.6 is 27.7 Å². The number of hydrogen-bond acceptors (Lipinski definition) is 6. The van der Waals surface area contributed by atoms with Crippen LogP contribution in [0.2, 0.25) is 0 Å². The Labute approximate surface area is 279 Å². The molecule has 0 spiro atoms. The topological polar surface area (TPSA) is 110 Å². The number of halogens is 1. The molecule has 0 bridgehead atoms. The third-order valence-electron chi connectivity index (χ3n) is 6.51. The molecule has 0 fully saturated rings. The monoisotopic (exact) mass is 695 g/mol. The molecule has 0 aliphatic carbocycles. The van der Waals surface area contributed by atoms with Crippen molar-refractivity contribution in [2.45, 2.75) is 11.8 Å². The molecule has 0 unspecified atom stereocenters. The fourth-order valence-corrected chi connectivity index (χ4v) is 5.27. The lowest BCUT2D eigenvalue weighted by molar-refractivity contribution is -0.114. The van der Waals surface area contributed by atoms with E-state index < -0.39 is 11.8 Å². The van der Waals surface area contributed by atoms with Crippen molar-refractivity contribution in [3.63, 3.8) is 0 Å². The number of thioether (sulfide) groups is 1. The lowest BCUT2D eigenvalue weighted by Gasteiger charge is -2.12. The van der Waals surface area contributed by atoms with E-state index in [2.05, 4.69) is 31.9 Å². The molecule has 0 aliphatic heterocycles. The van der Waals surface area contributed by atoms with E-state index in [0.717, 1.165) is 14.9 Å². The summed E-state index contributed by atoms with van der Waals surface area (Å²) in [6, 6.07) is 34.2. The summed E-state index contributed by atoms with van der Waals surface area (Å²) in [7, 11) is 0. The van der Waals surface area contributed by atoms with Crippen molar-refractivity contribution in [1.29, 1.82) is 0 Å². The zero-order chi connectivity index (χ0) is 32.3. The van der Waals surface area contributed by atoms with Crippen molar-refractivity contribution in [2.75, 3.05) is 23.0 Å². The molecular weight excluding hydrogens is 666 g/mol. The molecule has 3 N–H and O–H groups in total. The number of rotatable bonds is 12. The number of furan rings is 1. The van der Waals surface area contributed by atoms with Gasteiger partial charge in [-0.05, 0) is 79.7 Å². The van der Waals surface area contributed by atoms with Gasteiger partial charge in [0.05, 0.1) is 18.0 Å². The highest BCUT2D eigenvalue weighted by molar-refractivity contribution is 9.10. The molecule has 8 nitrogen and oxygen atoms in total. The van der Waals surface area contributed by atoms with Crippen molar-refractivity contribution >= 4 is 62.9 Å². The van der Waals surface area contributed by atoms with Crippen LogP contribution in [-0.2, 0) is 9.59 Å². The molecule has 46 heavy (non-hydrogen) atoms. The summed E-state index contributed by atoms with van der Waals surface area (Å²) in [5.74, 6) is 0.692. The van der Waals surface area contributed by atoms with E-state index >= 15 is 0 Å². The fourth-order valence-electron chi connectivity index (χ4n) is 4.30. The smallest absolute Gasteiger partial charge is 0.272 e. The van der Waals surface area contributed by atoms with Gasteiger partial charge in [-0.1, -0.05) is 58.4 Å². The van der Waals surface area contributed by atoms with Gasteiger partial charge in [0, 0.05) is 32.3 Å². The molecule has 1 aromatic heterocycles. The standard InChI is InChI=1S/C36H30BrN3O5S/c1-2-44-33-11-7-6-10-30(33)39-34(41)23-46-29-19-16-27(17-20-29)38-36(43)31(40-35(42)25-8-4-3-5-9-25)22-28-18-21-32(45-28)24-12-14-26(37)15-13-24/h3-22H,2,23H2,1H3,(H,38,43)(H,39,41)(H,40,42)/b31-22-. The minimum absolute atomic E-state index is 0.00742. The van der Waals surface area contributed by atoms with Gasteiger partial charge >= 0.3 is 0 Å². The van der Waals surface area contributed by atoms with E-state index in [0.29, 0.717) is 40.8 Å². The fraction of sp³-hybridized carbons (Fsp3) is 0.0833. The molecule has 0 saturated carbocycles. The summed E-state index contributed by atoms with van der Waals surface area (Å²) < 4.78 is 12.5. The first-order chi connectivity index (χ1) is 22.4. The SMILES string of the molecule is CCOc1ccccc1NC(=O)CSc1ccc(NC(=O)/C(=C/c2ccc(-c3ccc(Br)cc3)o2)NC(=O)c2ccccc2)cc1. The Bertz CT molecular complexity index is 1840. The lowest BCUT2D eigenvalue weighted by atomic mass is 10.2. The van der Waals surface area contributed by atoms with Gasteiger partial charge in [-0.2, -0.15) is 0 Å². The normalized spacial score (nSPS) is 11.0. The quantitative estimate of drug-likeness (QED) is 0.0896. The number of carbonyl (C=O) groups excluding carboxylic acids is 3. The molecule has 4 aromatic carbocycles. The van der Waals surface area contributed by atoms with Crippen LogP contribution in [0.1, 0.15) is 23.0 Å². The van der Waals surface area contributed by atoms with E-state index in [-0.39, 0.29) is 17.4 Å². The van der Waals surface area contributed by atoms with Gasteiger partial charge in [0.25, 0.3) is 11.8 Å². The summed E-state index contributed by atoms with van der Waals surface area (Å²) >= 11 is 4.79. The number of benzene rings is 4. The van der Waals surface area contributed by atoms with Gasteiger partial charge in [0.2, 0.25) is 5.91 Å². The second-order valence-corrected chi connectivity index (χ2v) is 11.8. The number of nitrogens with one attached hydrogen (secondary N) is 3. The number of anilines is 2. The molecule has 0 atom stereocenters. The van der Waals surface area contributed by atoms with Crippen molar-refractivity contribution in [3.8, 4) is 17.1 Å². The average molecular weight is 697 g/mol. The third-order valence-corrected chi connectivity index (χ3v) is 8.05. The first-order valence-electron chi connectivity index (χ1n) is 14.4. The Morgan fingerprint density at radius 1 is 0.826 bits per heavy atom. The van der Waals surface area contributed by atoms with Crippen molar-refractivity contribution in [1.82, 2.24) is 5.32 Å². The average Bonchev–Trinajstić information content (AvgIpc) is 3.54. The van der Waals surface area contributed by atoms with E-state index in [4.69, 9.17) is 9.15 Å². The first kappa shape index (κ1) is 32.3. The van der Waals surface area contributed by atoms with Crippen LogP contribution in [0.3, 0.4) is 0 Å². The van der Waals surface area contributed by atoms with Crippen LogP contribution < -0.4 is 20.7 Å². The van der Waals surface area contributed by atoms with Crippen molar-refractivity contribution in [3.05, 3.63) is 137 Å². The Morgan fingerprint density at radius 3 is 2.28 bits per heavy atom. The Hall–Kier alpha value is -5.06. The van der Waals surface area contributed by atoms with Crippen LogP contribution in [0.4, 0.5) is 11.4 Å². The van der Waals surface area contributed by atoms with Gasteiger partial charge in [-0.25, -0.2) is 0 Å². The van der Waals surface area contributed by atoms with E-state index in [1.807, 2.05) is 67.6 Å². The number of amides is 3. The van der Waals surface area contributed by atoms with Crippen LogP contribution in [-0.4, -0.2) is 30.1 Å². The number of ether oxygens (including phenoxy) is 1. The van der Waals surface area contributed by atoms with E-state index in [1.54, 1.807) is 54.6 Å². The predicted molar refractivity (Wildman–Crippen MR) is 186 cm³/mol. The molecule has 0 aliphatic rings. The predicted octanol–water partition coefficient (Wildman–Crippen LogP) is 8.25. The summed E-state index contributed by atoms with van der Waals surface area (Å²) in [6.45, 7) is 2.39. The zero-order valence-corrected chi connectivity index (χ0v) is 27.2. The lowest BCUT2D eigenvalue weighted by Crippen LogP contribution is -2.30. The maximum absolute atomic E-state index is 13.4. The Kier molecular flexibility index (Phi) is 11.1. The van der Waals surface area contributed by atoms with Crippen LogP contribution in [0.5, 0.6) is 5.75 Å². The molecule has 232 valence electrons. The summed E-state index contributed by atoms with van der Waals surface area (Å²) in [4.78, 5) is 39.8. The highest BCUT2D eigenvalue weighted by Gasteiger charge is 2.17. The summed E-state index contributed by atoms with van der Waals surface area (Å²) in [6.07, 6.45) is 1.49. The van der Waals surface area contributed by atoms with E-state index in [1.165, 1.54) is 17.8 Å². The summed E-state index contributed by atoms with van der Waals surface area (Å²) in [5.41, 5.74) is 2.42. The van der Waals surface area contributed by atoms with Crippen molar-refractivity contribution in [2.24, 2.45) is 0 Å². The summed E-state index contributed by atoms with van der Waals surface area (Å²) in [5, 5.41) is 8.44. The Morgan fingerprint density at radius 2 is 1.54 bits per heavy atom. The number of hydrogen-bond donors (Lipinski definition) is 3. The molecule has 0 radical (unpaired) electrons. The van der Waals surface area contributed by atoms with Gasteiger partial charge < -0.3 is 25.1 Å². The maximum atomic E-state index is 13.4. The molecule has 0 saturated heterocycles. The second-order valence-electron chi connectivity index (χ2n) is 9.83. The van der Waals surface area contributed by atoms with Crippen LogP contribution in [0, 0.1) is 0 Å². The number of para-hydroxylation sites is 2. The van der Waals surface area contributed by atoms with Gasteiger partial charge in [0.15, 0.2) is 0 Å². The molecule has 5 rings (SSSR count). The highest BCUT2D eigenvalue weighted by Crippen LogP contribution is 2.27. The largest absolute Gasteiger partial charge is 0.492 e. The van der Waals surface area contributed by atoms with E-state index in [9.17, 15) is 14.4 Å². The number of carbonyl (C=O) groups is 3. The van der Waals surface area contributed by atoms with Gasteiger partial charge in [0.1, 0.15) is 23.0 Å². The second kappa shape index (κ2) is 15.8. The first-order valence-corrected chi connectivity index (χ1v) is 16.2. The Balaban J connectivity index is 1.25. The maximum Gasteiger partial charge on any atom is 0.272 e. The van der Waals surface area contributed by atoms with Crippen LogP contribution in [0.15, 0.2) is 135 Å². The zero-order valence-electron chi connectivity index (χ0n) is 24.8. The molecule has 5 aromatic rings. The van der Waals surface area contributed by atoms with Crippen LogP contribution in [0.25, 0.3) is 17.4 Å².